The van der Waals surface area contributed by atoms with E-state index in [9.17, 15) is 4.79 Å². The Labute approximate surface area is 180 Å². The number of likely N-dealkylation sites (N-methyl/N-ethyl adjacent to an activating group) is 1. The van der Waals surface area contributed by atoms with Gasteiger partial charge in [0.25, 0.3) is 0 Å². The van der Waals surface area contributed by atoms with Gasteiger partial charge in [0, 0.05) is 29.9 Å². The predicted octanol–water partition coefficient (Wildman–Crippen LogP) is 4.32. The van der Waals surface area contributed by atoms with E-state index >= 15 is 0 Å². The Hall–Kier alpha value is -3.06. The highest BCUT2D eigenvalue weighted by atomic mass is 32.1. The summed E-state index contributed by atoms with van der Waals surface area (Å²) in [6.45, 7) is 6.31. The standard InChI is InChI=1S/C23H25N5OS/c1-14(2)15-5-7-16(8-6-15)20-21(29)28(4)22(24)27-23(20,3)19-9-17(12-30-19)18-10-25-13-26-11-18/h5-14,20H,1-4H3,(H2,24,27)/t20-,23+/m0/s1. The fraction of sp³-hybridized carbons (Fsp3) is 0.304. The molecule has 7 heteroatoms. The molecule has 2 aromatic heterocycles. The van der Waals surface area contributed by atoms with Crippen molar-refractivity contribution < 1.29 is 4.79 Å². The number of rotatable bonds is 4. The second-order valence-electron chi connectivity index (χ2n) is 8.15. The van der Waals surface area contributed by atoms with Gasteiger partial charge in [-0.3, -0.25) is 15.1 Å². The lowest BCUT2D eigenvalue weighted by Gasteiger charge is -2.45. The molecule has 0 saturated carbocycles. The van der Waals surface area contributed by atoms with Crippen molar-refractivity contribution in [2.75, 3.05) is 7.05 Å². The number of hydrogen-bond acceptors (Lipinski definition) is 5. The first kappa shape index (κ1) is 20.2. The third kappa shape index (κ3) is 3.39. The zero-order valence-electron chi connectivity index (χ0n) is 17.5. The molecular weight excluding hydrogens is 394 g/mol. The highest BCUT2D eigenvalue weighted by Crippen LogP contribution is 2.44. The van der Waals surface area contributed by atoms with Crippen molar-refractivity contribution in [3.8, 4) is 11.1 Å². The Morgan fingerprint density at radius 3 is 2.47 bits per heavy atom. The van der Waals surface area contributed by atoms with Crippen molar-refractivity contribution >= 4 is 23.2 Å². The number of aromatic nitrogens is 2. The van der Waals surface area contributed by atoms with Gasteiger partial charge in [0.05, 0.1) is 11.5 Å². The summed E-state index contributed by atoms with van der Waals surface area (Å²) in [6.07, 6.45) is 5.06. The SMILES string of the molecule is CC(C)c1ccc([C@H]2C(=O)N(C)C(=N)N[C@]2(C)c2cc(-c3cncnc3)cs2)cc1. The summed E-state index contributed by atoms with van der Waals surface area (Å²) >= 11 is 1.58. The summed E-state index contributed by atoms with van der Waals surface area (Å²) < 4.78 is 0. The summed E-state index contributed by atoms with van der Waals surface area (Å²) in [5, 5.41) is 13.7. The van der Waals surface area contributed by atoms with Gasteiger partial charge in [-0.05, 0) is 41.0 Å². The van der Waals surface area contributed by atoms with Gasteiger partial charge in [-0.1, -0.05) is 38.1 Å². The number of nitrogens with one attached hydrogen (secondary N) is 2. The number of nitrogens with zero attached hydrogens (tertiary/aromatic N) is 3. The second kappa shape index (κ2) is 7.65. The molecule has 0 spiro atoms. The first-order chi connectivity index (χ1) is 14.3. The smallest absolute Gasteiger partial charge is 0.239 e. The lowest BCUT2D eigenvalue weighted by molar-refractivity contribution is -0.131. The zero-order valence-corrected chi connectivity index (χ0v) is 18.3. The van der Waals surface area contributed by atoms with Crippen LogP contribution >= 0.6 is 11.3 Å². The van der Waals surface area contributed by atoms with Crippen LogP contribution in [0.15, 0.2) is 54.4 Å². The van der Waals surface area contributed by atoms with E-state index in [1.54, 1.807) is 30.8 Å². The maximum Gasteiger partial charge on any atom is 0.239 e. The molecule has 0 bridgehead atoms. The number of thiophene rings is 1. The number of carbonyl (C=O) groups is 1. The molecule has 4 rings (SSSR count). The molecule has 1 amide bonds. The van der Waals surface area contributed by atoms with E-state index < -0.39 is 11.5 Å². The van der Waals surface area contributed by atoms with E-state index in [-0.39, 0.29) is 11.9 Å². The Morgan fingerprint density at radius 2 is 1.83 bits per heavy atom. The van der Waals surface area contributed by atoms with Gasteiger partial charge in [0.2, 0.25) is 5.91 Å². The van der Waals surface area contributed by atoms with Gasteiger partial charge in [-0.15, -0.1) is 11.3 Å². The van der Waals surface area contributed by atoms with Crippen LogP contribution in [0.2, 0.25) is 0 Å². The average Bonchev–Trinajstić information content (AvgIpc) is 3.24. The molecule has 154 valence electrons. The molecule has 1 aliphatic heterocycles. The van der Waals surface area contributed by atoms with Crippen molar-refractivity contribution in [2.45, 2.75) is 38.1 Å². The molecule has 1 fully saturated rings. The monoisotopic (exact) mass is 419 g/mol. The number of hydrogen-bond donors (Lipinski definition) is 2. The summed E-state index contributed by atoms with van der Waals surface area (Å²) in [4.78, 5) is 23.9. The topological polar surface area (TPSA) is 82.0 Å². The second-order valence-corrected chi connectivity index (χ2v) is 9.07. The predicted molar refractivity (Wildman–Crippen MR) is 120 cm³/mol. The Kier molecular flexibility index (Phi) is 5.15. The molecule has 0 radical (unpaired) electrons. The first-order valence-electron chi connectivity index (χ1n) is 9.90. The fourth-order valence-electron chi connectivity index (χ4n) is 3.91. The number of benzene rings is 1. The van der Waals surface area contributed by atoms with E-state index in [1.165, 1.54) is 16.8 Å². The molecule has 2 N–H and O–H groups in total. The highest BCUT2D eigenvalue weighted by Gasteiger charge is 2.49. The van der Waals surface area contributed by atoms with Crippen LogP contribution in [0.25, 0.3) is 11.1 Å². The number of amides is 1. The molecule has 6 nitrogen and oxygen atoms in total. The summed E-state index contributed by atoms with van der Waals surface area (Å²) in [7, 11) is 1.65. The lowest BCUT2D eigenvalue weighted by atomic mass is 9.76. The van der Waals surface area contributed by atoms with Crippen LogP contribution in [0.4, 0.5) is 0 Å². The van der Waals surface area contributed by atoms with Crippen LogP contribution < -0.4 is 5.32 Å². The molecule has 1 aromatic carbocycles. The molecule has 2 atom stereocenters. The average molecular weight is 420 g/mol. The van der Waals surface area contributed by atoms with Crippen LogP contribution in [-0.2, 0) is 10.3 Å². The van der Waals surface area contributed by atoms with Crippen LogP contribution in [-0.4, -0.2) is 33.8 Å². The first-order valence-corrected chi connectivity index (χ1v) is 10.8. The summed E-state index contributed by atoms with van der Waals surface area (Å²) in [5.41, 5.74) is 3.37. The normalized spacial score (nSPS) is 21.8. The summed E-state index contributed by atoms with van der Waals surface area (Å²) in [5.74, 6) is -0.00200. The van der Waals surface area contributed by atoms with Gasteiger partial charge < -0.3 is 5.32 Å². The van der Waals surface area contributed by atoms with Crippen molar-refractivity contribution in [2.24, 2.45) is 0 Å². The van der Waals surface area contributed by atoms with Crippen LogP contribution in [0, 0.1) is 5.41 Å². The van der Waals surface area contributed by atoms with Crippen molar-refractivity contribution in [3.63, 3.8) is 0 Å². The van der Waals surface area contributed by atoms with Gasteiger partial charge in [0.1, 0.15) is 6.33 Å². The highest BCUT2D eigenvalue weighted by molar-refractivity contribution is 7.10. The molecule has 1 saturated heterocycles. The van der Waals surface area contributed by atoms with Gasteiger partial charge in [-0.25, -0.2) is 9.97 Å². The third-order valence-corrected chi connectivity index (χ3v) is 6.98. The maximum absolute atomic E-state index is 13.4. The maximum atomic E-state index is 13.4. The van der Waals surface area contributed by atoms with Crippen molar-refractivity contribution in [1.29, 1.82) is 5.41 Å². The lowest BCUT2D eigenvalue weighted by Crippen LogP contribution is -2.62. The van der Waals surface area contributed by atoms with Crippen LogP contribution in [0.5, 0.6) is 0 Å². The van der Waals surface area contributed by atoms with E-state index in [0.29, 0.717) is 5.92 Å². The van der Waals surface area contributed by atoms with Crippen molar-refractivity contribution in [1.82, 2.24) is 20.2 Å². The quantitative estimate of drug-likeness (QED) is 0.660. The molecule has 1 aliphatic rings. The molecule has 0 unspecified atom stereocenters. The van der Waals surface area contributed by atoms with Crippen LogP contribution in [0.1, 0.15) is 48.6 Å². The molecular formula is C23H25N5OS. The van der Waals surface area contributed by atoms with E-state index in [4.69, 9.17) is 5.41 Å². The van der Waals surface area contributed by atoms with Gasteiger partial charge >= 0.3 is 0 Å². The minimum absolute atomic E-state index is 0.0865. The van der Waals surface area contributed by atoms with E-state index in [1.807, 2.05) is 24.4 Å². The Morgan fingerprint density at radius 1 is 1.17 bits per heavy atom. The van der Waals surface area contributed by atoms with Gasteiger partial charge in [-0.2, -0.15) is 0 Å². The molecule has 3 heterocycles. The number of carbonyl (C=O) groups excluding carboxylic acids is 1. The van der Waals surface area contributed by atoms with Crippen LogP contribution in [0.3, 0.4) is 0 Å². The van der Waals surface area contributed by atoms with Crippen molar-refractivity contribution in [3.05, 3.63) is 70.4 Å². The molecule has 3 aromatic rings. The minimum Gasteiger partial charge on any atom is -0.345 e. The largest absolute Gasteiger partial charge is 0.345 e. The Balaban J connectivity index is 1.79. The minimum atomic E-state index is -0.738. The Bertz CT molecular complexity index is 1080. The molecule has 30 heavy (non-hydrogen) atoms. The zero-order chi connectivity index (χ0) is 21.5. The van der Waals surface area contributed by atoms with Gasteiger partial charge in [0.15, 0.2) is 5.96 Å². The summed E-state index contributed by atoms with van der Waals surface area (Å²) in [6, 6.07) is 10.3. The number of guanidine groups is 1. The third-order valence-electron chi connectivity index (χ3n) is 5.81. The fourth-order valence-corrected chi connectivity index (χ4v) is 4.98. The van der Waals surface area contributed by atoms with E-state index in [2.05, 4.69) is 47.3 Å². The van der Waals surface area contributed by atoms with E-state index in [0.717, 1.165) is 21.6 Å². The molecule has 0 aliphatic carbocycles.